The molecule has 1 aliphatic heterocycles. The van der Waals surface area contributed by atoms with E-state index >= 15 is 0 Å². The average molecular weight is 243 g/mol. The first-order valence-electron chi connectivity index (χ1n) is 6.16. The number of para-hydroxylation sites is 1. The molecule has 4 nitrogen and oxygen atoms in total. The quantitative estimate of drug-likeness (QED) is 0.754. The van der Waals surface area contributed by atoms with Gasteiger partial charge in [0.2, 0.25) is 5.91 Å². The minimum absolute atomic E-state index is 0.0694. The lowest BCUT2D eigenvalue weighted by Gasteiger charge is -2.30. The molecule has 1 aromatic rings. The molecule has 0 radical (unpaired) electrons. The number of likely N-dealkylation sites (N-methyl/N-ethyl adjacent to an activating group) is 1. The Hall–Kier alpha value is -1.86. The first-order valence-corrected chi connectivity index (χ1v) is 6.16. The zero-order valence-electron chi connectivity index (χ0n) is 10.6. The van der Waals surface area contributed by atoms with Crippen molar-refractivity contribution in [3.63, 3.8) is 0 Å². The van der Waals surface area contributed by atoms with E-state index in [1.54, 1.807) is 11.9 Å². The van der Waals surface area contributed by atoms with Gasteiger partial charge in [0, 0.05) is 12.2 Å². The van der Waals surface area contributed by atoms with Crippen molar-refractivity contribution in [3.05, 3.63) is 29.8 Å². The number of nitriles is 1. The first-order chi connectivity index (χ1) is 8.72. The molecule has 18 heavy (non-hydrogen) atoms. The van der Waals surface area contributed by atoms with E-state index in [1.807, 2.05) is 23.1 Å². The van der Waals surface area contributed by atoms with Gasteiger partial charge in [-0.05, 0) is 31.5 Å². The Morgan fingerprint density at radius 3 is 3.06 bits per heavy atom. The molecule has 4 heteroatoms. The molecule has 2 rings (SSSR count). The monoisotopic (exact) mass is 243 g/mol. The van der Waals surface area contributed by atoms with E-state index in [1.165, 1.54) is 5.56 Å². The highest BCUT2D eigenvalue weighted by Crippen LogP contribution is 2.26. The van der Waals surface area contributed by atoms with Crippen LogP contribution in [0.15, 0.2) is 24.3 Å². The summed E-state index contributed by atoms with van der Waals surface area (Å²) in [6, 6.07) is 10.1. The maximum Gasteiger partial charge on any atom is 0.241 e. The number of aryl methyl sites for hydroxylation is 1. The summed E-state index contributed by atoms with van der Waals surface area (Å²) in [5.41, 5.74) is 2.26. The van der Waals surface area contributed by atoms with Crippen molar-refractivity contribution in [3.8, 4) is 6.07 Å². The van der Waals surface area contributed by atoms with Crippen LogP contribution in [-0.4, -0.2) is 37.5 Å². The molecular formula is C14H17N3O. The first kappa shape index (κ1) is 12.6. The van der Waals surface area contributed by atoms with Crippen LogP contribution in [0.5, 0.6) is 0 Å². The van der Waals surface area contributed by atoms with Gasteiger partial charge < -0.3 is 4.90 Å². The fraction of sp³-hybridized carbons (Fsp3) is 0.429. The smallest absolute Gasteiger partial charge is 0.241 e. The molecule has 0 fully saturated rings. The highest BCUT2D eigenvalue weighted by molar-refractivity contribution is 5.95. The second-order valence-corrected chi connectivity index (χ2v) is 4.61. The second-order valence-electron chi connectivity index (χ2n) is 4.61. The highest BCUT2D eigenvalue weighted by Gasteiger charge is 2.22. The van der Waals surface area contributed by atoms with Gasteiger partial charge >= 0.3 is 0 Å². The second kappa shape index (κ2) is 5.65. The molecule has 0 spiro atoms. The molecule has 1 aromatic carbocycles. The number of fused-ring (bicyclic) bond motifs is 1. The van der Waals surface area contributed by atoms with Gasteiger partial charge in [-0.15, -0.1) is 0 Å². The average Bonchev–Trinajstić information content (AvgIpc) is 2.38. The van der Waals surface area contributed by atoms with Crippen LogP contribution in [0.25, 0.3) is 0 Å². The van der Waals surface area contributed by atoms with Crippen LogP contribution in [-0.2, 0) is 11.2 Å². The molecule has 0 N–H and O–H groups in total. The Balaban J connectivity index is 2.11. The van der Waals surface area contributed by atoms with Crippen molar-refractivity contribution < 1.29 is 4.79 Å². The lowest BCUT2D eigenvalue weighted by atomic mass is 10.0. The van der Waals surface area contributed by atoms with Crippen LogP contribution in [0, 0.1) is 11.3 Å². The number of anilines is 1. The van der Waals surface area contributed by atoms with Gasteiger partial charge in [0.1, 0.15) is 0 Å². The third kappa shape index (κ3) is 2.69. The number of carbonyl (C=O) groups is 1. The van der Waals surface area contributed by atoms with E-state index in [-0.39, 0.29) is 12.5 Å². The Morgan fingerprint density at radius 2 is 2.28 bits per heavy atom. The number of hydrogen-bond acceptors (Lipinski definition) is 3. The minimum atomic E-state index is 0.0694. The Labute approximate surface area is 107 Å². The van der Waals surface area contributed by atoms with Gasteiger partial charge in [0.25, 0.3) is 0 Å². The molecule has 0 aromatic heterocycles. The Bertz CT molecular complexity index is 478. The van der Waals surface area contributed by atoms with Crippen LogP contribution >= 0.6 is 0 Å². The Morgan fingerprint density at radius 1 is 1.50 bits per heavy atom. The number of nitrogens with zero attached hydrogens (tertiary/aromatic N) is 3. The van der Waals surface area contributed by atoms with E-state index in [0.29, 0.717) is 6.54 Å². The zero-order chi connectivity index (χ0) is 13.0. The predicted molar refractivity (Wildman–Crippen MR) is 70.2 cm³/mol. The van der Waals surface area contributed by atoms with Crippen molar-refractivity contribution in [1.82, 2.24) is 4.90 Å². The van der Waals surface area contributed by atoms with Crippen molar-refractivity contribution in [2.24, 2.45) is 0 Å². The van der Waals surface area contributed by atoms with Gasteiger partial charge in [0.15, 0.2) is 0 Å². The molecule has 94 valence electrons. The SMILES string of the molecule is CN(CC#N)CC(=O)N1CCCc2ccccc21. The number of amides is 1. The maximum absolute atomic E-state index is 12.2. The van der Waals surface area contributed by atoms with E-state index in [2.05, 4.69) is 12.1 Å². The standard InChI is InChI=1S/C14H17N3O/c1-16(10-8-15)11-14(18)17-9-4-6-12-5-2-3-7-13(12)17/h2-3,5,7H,4,6,9-11H2,1H3. The predicted octanol–water partition coefficient (Wildman–Crippen LogP) is 1.42. The van der Waals surface area contributed by atoms with Crippen LogP contribution in [0.4, 0.5) is 5.69 Å². The largest absolute Gasteiger partial charge is 0.311 e. The molecule has 0 unspecified atom stereocenters. The van der Waals surface area contributed by atoms with Gasteiger partial charge in [0.05, 0.1) is 19.2 Å². The van der Waals surface area contributed by atoms with Crippen molar-refractivity contribution >= 4 is 11.6 Å². The summed E-state index contributed by atoms with van der Waals surface area (Å²) < 4.78 is 0. The molecule has 0 saturated heterocycles. The van der Waals surface area contributed by atoms with Gasteiger partial charge in [-0.1, -0.05) is 18.2 Å². The molecule has 0 bridgehead atoms. The third-order valence-electron chi connectivity index (χ3n) is 3.16. The van der Waals surface area contributed by atoms with Crippen LogP contribution in [0.1, 0.15) is 12.0 Å². The zero-order valence-corrected chi connectivity index (χ0v) is 10.6. The molecule has 1 amide bonds. The fourth-order valence-corrected chi connectivity index (χ4v) is 2.29. The maximum atomic E-state index is 12.2. The highest BCUT2D eigenvalue weighted by atomic mass is 16.2. The summed E-state index contributed by atoms with van der Waals surface area (Å²) in [6.45, 7) is 1.35. The summed E-state index contributed by atoms with van der Waals surface area (Å²) in [7, 11) is 1.79. The summed E-state index contributed by atoms with van der Waals surface area (Å²) in [5.74, 6) is 0.0694. The topological polar surface area (TPSA) is 47.3 Å². The van der Waals surface area contributed by atoms with Gasteiger partial charge in [-0.2, -0.15) is 5.26 Å². The number of benzene rings is 1. The number of rotatable bonds is 3. The molecular weight excluding hydrogens is 226 g/mol. The fourth-order valence-electron chi connectivity index (χ4n) is 2.29. The summed E-state index contributed by atoms with van der Waals surface area (Å²) in [4.78, 5) is 15.8. The minimum Gasteiger partial charge on any atom is -0.311 e. The number of hydrogen-bond donors (Lipinski definition) is 0. The molecule has 0 saturated carbocycles. The third-order valence-corrected chi connectivity index (χ3v) is 3.16. The van der Waals surface area contributed by atoms with E-state index in [9.17, 15) is 4.79 Å². The van der Waals surface area contributed by atoms with Gasteiger partial charge in [-0.3, -0.25) is 9.69 Å². The van der Waals surface area contributed by atoms with Crippen molar-refractivity contribution in [1.29, 1.82) is 5.26 Å². The van der Waals surface area contributed by atoms with Crippen molar-refractivity contribution in [2.45, 2.75) is 12.8 Å². The normalized spacial score (nSPS) is 14.2. The van der Waals surface area contributed by atoms with Crippen LogP contribution in [0.2, 0.25) is 0 Å². The molecule has 0 atom stereocenters. The van der Waals surface area contributed by atoms with Crippen LogP contribution in [0.3, 0.4) is 0 Å². The summed E-state index contributed by atoms with van der Waals surface area (Å²) in [5, 5.41) is 8.60. The van der Waals surface area contributed by atoms with Crippen molar-refractivity contribution in [2.75, 3.05) is 31.6 Å². The van der Waals surface area contributed by atoms with E-state index < -0.39 is 0 Å². The van der Waals surface area contributed by atoms with Gasteiger partial charge in [-0.25, -0.2) is 0 Å². The summed E-state index contributed by atoms with van der Waals surface area (Å²) >= 11 is 0. The van der Waals surface area contributed by atoms with E-state index in [4.69, 9.17) is 5.26 Å². The Kier molecular flexibility index (Phi) is 3.96. The molecule has 1 aliphatic rings. The number of carbonyl (C=O) groups excluding carboxylic acids is 1. The molecule has 0 aliphatic carbocycles. The van der Waals surface area contributed by atoms with Crippen LogP contribution < -0.4 is 4.90 Å². The summed E-state index contributed by atoms with van der Waals surface area (Å²) in [6.07, 6.45) is 2.04. The lowest BCUT2D eigenvalue weighted by Crippen LogP contribution is -2.41. The molecule has 1 heterocycles. The lowest BCUT2D eigenvalue weighted by molar-refractivity contribution is -0.119. The van der Waals surface area contributed by atoms with E-state index in [0.717, 1.165) is 25.1 Å².